The highest BCUT2D eigenvalue weighted by Gasteiger charge is 2.21. The number of nitrogens with two attached hydrogens (primary N) is 1. The first-order valence-electron chi connectivity index (χ1n) is 9.72. The summed E-state index contributed by atoms with van der Waals surface area (Å²) in [5, 5.41) is 10.9. The molecule has 0 radical (unpaired) electrons. The monoisotopic (exact) mass is 468 g/mol. The summed E-state index contributed by atoms with van der Waals surface area (Å²) in [6, 6.07) is 16.1. The predicted molar refractivity (Wildman–Crippen MR) is 120 cm³/mol. The van der Waals surface area contributed by atoms with Gasteiger partial charge in [-0.3, -0.25) is 4.79 Å². The number of rotatable bonds is 7. The molecule has 0 aliphatic heterocycles. The Hall–Kier alpha value is -3.98. The molecular weight excluding hydrogens is 450 g/mol. The lowest BCUT2D eigenvalue weighted by molar-refractivity contribution is 0.0991. The van der Waals surface area contributed by atoms with Crippen molar-refractivity contribution in [3.05, 3.63) is 82.9 Å². The van der Waals surface area contributed by atoms with Gasteiger partial charge in [-0.1, -0.05) is 12.1 Å². The van der Waals surface area contributed by atoms with Crippen molar-refractivity contribution >= 4 is 17.2 Å². The van der Waals surface area contributed by atoms with E-state index in [1.54, 1.807) is 43.5 Å². The Kier molecular flexibility index (Phi) is 6.23. The Morgan fingerprint density at radius 1 is 1.09 bits per heavy atom. The Morgan fingerprint density at radius 3 is 2.48 bits per heavy atom. The van der Waals surface area contributed by atoms with Crippen molar-refractivity contribution in [2.24, 2.45) is 5.73 Å². The Balaban J connectivity index is 1.71. The van der Waals surface area contributed by atoms with Gasteiger partial charge < -0.3 is 20.3 Å². The highest BCUT2D eigenvalue weighted by Crippen LogP contribution is 2.41. The number of carbonyl (C=O) groups is 1. The molecule has 0 saturated heterocycles. The van der Waals surface area contributed by atoms with Crippen molar-refractivity contribution in [2.45, 2.75) is 6.61 Å². The second-order valence-corrected chi connectivity index (χ2v) is 8.00. The van der Waals surface area contributed by atoms with Crippen LogP contribution in [-0.4, -0.2) is 23.1 Å². The molecule has 168 valence electrons. The number of benzene rings is 3. The lowest BCUT2D eigenvalue weighted by atomic mass is 10.1. The number of primary amides is 1. The number of phenols is 1. The summed E-state index contributed by atoms with van der Waals surface area (Å²) in [6.45, 7) is -0.151. The summed E-state index contributed by atoms with van der Waals surface area (Å²) in [4.78, 5) is 16.7. The first-order valence-corrected chi connectivity index (χ1v) is 10.5. The van der Waals surface area contributed by atoms with Crippen LogP contribution in [0.2, 0.25) is 0 Å². The molecule has 4 aromatic rings. The fraction of sp³-hybridized carbons (Fsp3) is 0.0833. The number of phenolic OH excluding ortho intramolecular Hbond substituents is 1. The second kappa shape index (κ2) is 9.25. The van der Waals surface area contributed by atoms with Gasteiger partial charge in [0.05, 0.1) is 17.7 Å². The summed E-state index contributed by atoms with van der Waals surface area (Å²) < 4.78 is 38.9. The van der Waals surface area contributed by atoms with Crippen LogP contribution in [0.25, 0.3) is 21.7 Å². The van der Waals surface area contributed by atoms with Crippen LogP contribution in [0.15, 0.2) is 60.7 Å². The number of thiazole rings is 1. The molecule has 9 heteroatoms. The minimum atomic E-state index is -1.23. The number of aromatic hydroxyl groups is 1. The van der Waals surface area contributed by atoms with Gasteiger partial charge in [-0.25, -0.2) is 13.8 Å². The van der Waals surface area contributed by atoms with E-state index in [0.717, 1.165) is 17.7 Å². The largest absolute Gasteiger partial charge is 0.507 e. The summed E-state index contributed by atoms with van der Waals surface area (Å²) in [6.07, 6.45) is 0. The standard InChI is InChI=1S/C24H18F2N2O4S/c1-31-14-8-6-13(7-9-14)22-23(15-4-2-3-5-17(15)29)33-19(28-22)12-32-18-11-10-16(25)20(21(18)26)24(27)30/h2-11,29H,12H2,1H3,(H2,27,30). The zero-order valence-electron chi connectivity index (χ0n) is 17.3. The van der Waals surface area contributed by atoms with Gasteiger partial charge in [-0.05, 0) is 48.5 Å². The van der Waals surface area contributed by atoms with E-state index < -0.39 is 23.1 Å². The topological polar surface area (TPSA) is 94.7 Å². The van der Waals surface area contributed by atoms with Crippen LogP contribution in [0.3, 0.4) is 0 Å². The highest BCUT2D eigenvalue weighted by molar-refractivity contribution is 7.15. The molecule has 3 aromatic carbocycles. The van der Waals surface area contributed by atoms with Gasteiger partial charge in [-0.2, -0.15) is 0 Å². The van der Waals surface area contributed by atoms with E-state index in [-0.39, 0.29) is 18.1 Å². The van der Waals surface area contributed by atoms with Crippen molar-refractivity contribution in [3.63, 3.8) is 0 Å². The van der Waals surface area contributed by atoms with Crippen molar-refractivity contribution in [1.82, 2.24) is 4.98 Å². The van der Waals surface area contributed by atoms with Gasteiger partial charge in [0.15, 0.2) is 11.6 Å². The number of amides is 1. The average molecular weight is 468 g/mol. The van der Waals surface area contributed by atoms with Crippen LogP contribution in [0.5, 0.6) is 17.2 Å². The van der Waals surface area contributed by atoms with Crippen molar-refractivity contribution in [2.75, 3.05) is 7.11 Å². The zero-order valence-corrected chi connectivity index (χ0v) is 18.2. The van der Waals surface area contributed by atoms with E-state index in [4.69, 9.17) is 15.2 Å². The highest BCUT2D eigenvalue weighted by atomic mass is 32.1. The van der Waals surface area contributed by atoms with Gasteiger partial charge >= 0.3 is 0 Å². The third-order valence-corrected chi connectivity index (χ3v) is 5.90. The third-order valence-electron chi connectivity index (χ3n) is 4.84. The molecule has 0 unspecified atom stereocenters. The molecule has 1 heterocycles. The van der Waals surface area contributed by atoms with Crippen LogP contribution in [0, 0.1) is 11.6 Å². The van der Waals surface area contributed by atoms with Gasteiger partial charge in [-0.15, -0.1) is 11.3 Å². The number of hydrogen-bond donors (Lipinski definition) is 2. The molecule has 0 bridgehead atoms. The number of carbonyl (C=O) groups excluding carboxylic acids is 1. The molecule has 1 amide bonds. The number of nitrogens with zero attached hydrogens (tertiary/aromatic N) is 1. The van der Waals surface area contributed by atoms with E-state index in [9.17, 15) is 18.7 Å². The van der Waals surface area contributed by atoms with Gasteiger partial charge in [0.1, 0.15) is 34.5 Å². The van der Waals surface area contributed by atoms with Crippen LogP contribution >= 0.6 is 11.3 Å². The molecule has 0 aliphatic carbocycles. The first kappa shape index (κ1) is 22.2. The van der Waals surface area contributed by atoms with E-state index in [2.05, 4.69) is 4.98 Å². The molecule has 0 aliphatic rings. The Labute approximate surface area is 191 Å². The molecular formula is C24H18F2N2O4S. The zero-order chi connectivity index (χ0) is 23.5. The maximum atomic E-state index is 14.5. The summed E-state index contributed by atoms with van der Waals surface area (Å²) in [5.41, 5.74) is 6.16. The van der Waals surface area contributed by atoms with Gasteiger partial charge in [0, 0.05) is 11.1 Å². The fourth-order valence-electron chi connectivity index (χ4n) is 3.23. The normalized spacial score (nSPS) is 10.8. The Bertz CT molecular complexity index is 1320. The molecule has 0 saturated carbocycles. The first-order chi connectivity index (χ1) is 15.9. The number of halogens is 2. The molecule has 33 heavy (non-hydrogen) atoms. The van der Waals surface area contributed by atoms with E-state index in [1.807, 2.05) is 12.1 Å². The third kappa shape index (κ3) is 4.49. The minimum absolute atomic E-state index is 0.0825. The fourth-order valence-corrected chi connectivity index (χ4v) is 4.26. The molecule has 0 atom stereocenters. The number of methoxy groups -OCH3 is 1. The van der Waals surface area contributed by atoms with E-state index in [1.165, 1.54) is 11.3 Å². The number of ether oxygens (including phenoxy) is 2. The van der Waals surface area contributed by atoms with Crippen LogP contribution in [-0.2, 0) is 6.61 Å². The predicted octanol–water partition coefficient (Wildman–Crippen LogP) is 5.15. The van der Waals surface area contributed by atoms with Gasteiger partial charge in [0.25, 0.3) is 5.91 Å². The Morgan fingerprint density at radius 2 is 1.82 bits per heavy atom. The SMILES string of the molecule is COc1ccc(-c2nc(COc3ccc(F)c(C(N)=O)c3F)sc2-c2ccccc2O)cc1. The van der Waals surface area contributed by atoms with Crippen molar-refractivity contribution in [3.8, 4) is 38.9 Å². The average Bonchev–Trinajstić information content (AvgIpc) is 3.22. The maximum absolute atomic E-state index is 14.5. The molecule has 1 aromatic heterocycles. The molecule has 4 rings (SSSR count). The minimum Gasteiger partial charge on any atom is -0.507 e. The molecule has 6 nitrogen and oxygen atoms in total. The lowest BCUT2D eigenvalue weighted by Crippen LogP contribution is -2.16. The smallest absolute Gasteiger partial charge is 0.254 e. The lowest BCUT2D eigenvalue weighted by Gasteiger charge is -2.08. The number of hydrogen-bond acceptors (Lipinski definition) is 6. The quantitative estimate of drug-likeness (QED) is 0.391. The molecule has 0 fully saturated rings. The summed E-state index contributed by atoms with van der Waals surface area (Å²) >= 11 is 1.25. The summed E-state index contributed by atoms with van der Waals surface area (Å²) in [5.74, 6) is -3.03. The molecule has 3 N–H and O–H groups in total. The second-order valence-electron chi connectivity index (χ2n) is 6.92. The van der Waals surface area contributed by atoms with Gasteiger partial charge in [0.2, 0.25) is 0 Å². The van der Waals surface area contributed by atoms with Crippen LogP contribution < -0.4 is 15.2 Å². The maximum Gasteiger partial charge on any atom is 0.254 e. The van der Waals surface area contributed by atoms with E-state index in [0.29, 0.717) is 26.9 Å². The van der Waals surface area contributed by atoms with Crippen molar-refractivity contribution < 1.29 is 28.2 Å². The summed E-state index contributed by atoms with van der Waals surface area (Å²) in [7, 11) is 1.57. The van der Waals surface area contributed by atoms with Crippen LogP contribution in [0.1, 0.15) is 15.4 Å². The molecule has 0 spiro atoms. The number of aromatic nitrogens is 1. The van der Waals surface area contributed by atoms with Crippen molar-refractivity contribution in [1.29, 1.82) is 0 Å². The van der Waals surface area contributed by atoms with Crippen LogP contribution in [0.4, 0.5) is 8.78 Å². The number of para-hydroxylation sites is 1. The van der Waals surface area contributed by atoms with E-state index >= 15 is 0 Å².